The maximum Gasteiger partial charge on any atom is 0.248 e. The van der Waals surface area contributed by atoms with Crippen LogP contribution in [-0.4, -0.2) is 19.1 Å². The Morgan fingerprint density at radius 3 is 2.67 bits per heavy atom. The topological polar surface area (TPSA) is 47.6 Å². The number of ether oxygens (including phenoxy) is 2. The van der Waals surface area contributed by atoms with Gasteiger partial charge in [-0.2, -0.15) is 0 Å². The van der Waals surface area contributed by atoms with Gasteiger partial charge in [0.25, 0.3) is 0 Å². The summed E-state index contributed by atoms with van der Waals surface area (Å²) in [5, 5.41) is 3.03. The molecule has 0 saturated carbocycles. The molecule has 0 unspecified atom stereocenters. The van der Waals surface area contributed by atoms with E-state index in [1.807, 2.05) is 0 Å². The molecule has 6 heteroatoms. The molecular weight excluding hydrogens is 333 g/mol. The van der Waals surface area contributed by atoms with Crippen LogP contribution in [0.15, 0.2) is 42.5 Å². The highest BCUT2D eigenvalue weighted by Crippen LogP contribution is 2.37. The maximum atomic E-state index is 13.1. The van der Waals surface area contributed by atoms with E-state index in [1.54, 1.807) is 24.3 Å². The van der Waals surface area contributed by atoms with Crippen molar-refractivity contribution in [2.75, 3.05) is 18.5 Å². The van der Waals surface area contributed by atoms with Crippen LogP contribution in [0.2, 0.25) is 5.02 Å². The summed E-state index contributed by atoms with van der Waals surface area (Å²) < 4.78 is 24.2. The molecule has 1 amide bonds. The van der Waals surface area contributed by atoms with Gasteiger partial charge < -0.3 is 14.8 Å². The lowest BCUT2D eigenvalue weighted by atomic mass is 10.2. The highest BCUT2D eigenvalue weighted by Gasteiger charge is 2.15. The fourth-order valence-corrected chi connectivity index (χ4v) is 2.44. The summed E-state index contributed by atoms with van der Waals surface area (Å²) in [6, 6.07) is 9.21. The molecule has 1 heterocycles. The van der Waals surface area contributed by atoms with Crippen molar-refractivity contribution < 1.29 is 18.7 Å². The van der Waals surface area contributed by atoms with Gasteiger partial charge in [-0.05, 0) is 23.8 Å². The van der Waals surface area contributed by atoms with Crippen LogP contribution in [0.1, 0.15) is 12.0 Å². The van der Waals surface area contributed by atoms with Gasteiger partial charge in [0, 0.05) is 24.6 Å². The van der Waals surface area contributed by atoms with Crippen molar-refractivity contribution >= 4 is 29.3 Å². The number of nitrogens with one attached hydrogen (secondary N) is 1. The van der Waals surface area contributed by atoms with Gasteiger partial charge in [-0.3, -0.25) is 4.79 Å². The minimum Gasteiger partial charge on any atom is -0.490 e. The molecule has 0 atom stereocenters. The average Bonchev–Trinajstić information content (AvgIpc) is 2.78. The minimum atomic E-state index is -0.379. The first-order valence-corrected chi connectivity index (χ1v) is 7.83. The number of carbonyl (C=O) groups excluding carboxylic acids is 1. The summed E-state index contributed by atoms with van der Waals surface area (Å²) in [6.45, 7) is 1.10. The Morgan fingerprint density at radius 1 is 1.17 bits per heavy atom. The number of halogens is 2. The number of hydrogen-bond acceptors (Lipinski definition) is 3. The Hall–Kier alpha value is -2.53. The summed E-state index contributed by atoms with van der Waals surface area (Å²) in [5.41, 5.74) is 1.02. The first-order chi connectivity index (χ1) is 11.6. The lowest BCUT2D eigenvalue weighted by Gasteiger charge is -2.11. The SMILES string of the molecule is O=C(C=Cc1cccc(F)c1)Nc1cc2c(cc1Cl)OCCCO2. The molecule has 0 fully saturated rings. The first kappa shape index (κ1) is 16.3. The molecule has 1 N–H and O–H groups in total. The Kier molecular flexibility index (Phi) is 5.01. The highest BCUT2D eigenvalue weighted by atomic mass is 35.5. The van der Waals surface area contributed by atoms with Crippen LogP contribution in [0.5, 0.6) is 11.5 Å². The van der Waals surface area contributed by atoms with Gasteiger partial charge in [0.1, 0.15) is 5.82 Å². The molecule has 124 valence electrons. The normalized spacial score (nSPS) is 13.6. The van der Waals surface area contributed by atoms with Crippen LogP contribution in [0.3, 0.4) is 0 Å². The molecule has 3 rings (SSSR count). The molecule has 2 aromatic carbocycles. The monoisotopic (exact) mass is 347 g/mol. The largest absolute Gasteiger partial charge is 0.490 e. The van der Waals surface area contributed by atoms with E-state index in [2.05, 4.69) is 5.32 Å². The highest BCUT2D eigenvalue weighted by molar-refractivity contribution is 6.34. The molecule has 4 nitrogen and oxygen atoms in total. The van der Waals surface area contributed by atoms with E-state index in [4.69, 9.17) is 21.1 Å². The Balaban J connectivity index is 1.73. The number of anilines is 1. The lowest BCUT2D eigenvalue weighted by Crippen LogP contribution is -2.08. The average molecular weight is 348 g/mol. The third-order valence-electron chi connectivity index (χ3n) is 3.37. The van der Waals surface area contributed by atoms with Crippen LogP contribution in [0.4, 0.5) is 10.1 Å². The molecule has 1 aliphatic heterocycles. The zero-order chi connectivity index (χ0) is 16.9. The number of fused-ring (bicyclic) bond motifs is 1. The molecule has 0 spiro atoms. The molecule has 0 aromatic heterocycles. The van der Waals surface area contributed by atoms with Gasteiger partial charge in [-0.1, -0.05) is 23.7 Å². The van der Waals surface area contributed by atoms with E-state index < -0.39 is 0 Å². The van der Waals surface area contributed by atoms with Gasteiger partial charge in [0.05, 0.1) is 23.9 Å². The Labute approximate surface area is 143 Å². The van der Waals surface area contributed by atoms with Gasteiger partial charge in [0.2, 0.25) is 5.91 Å². The number of amides is 1. The van der Waals surface area contributed by atoms with Gasteiger partial charge >= 0.3 is 0 Å². The second-order valence-corrected chi connectivity index (χ2v) is 5.61. The zero-order valence-corrected chi connectivity index (χ0v) is 13.5. The van der Waals surface area contributed by atoms with Crippen molar-refractivity contribution in [3.63, 3.8) is 0 Å². The van der Waals surface area contributed by atoms with E-state index in [-0.39, 0.29) is 11.7 Å². The summed E-state index contributed by atoms with van der Waals surface area (Å²) in [6.07, 6.45) is 3.62. The quantitative estimate of drug-likeness (QED) is 0.842. The van der Waals surface area contributed by atoms with Crippen LogP contribution in [0.25, 0.3) is 6.08 Å². The van der Waals surface area contributed by atoms with Crippen LogP contribution in [-0.2, 0) is 4.79 Å². The number of rotatable bonds is 3. The van der Waals surface area contributed by atoms with Crippen molar-refractivity contribution in [2.24, 2.45) is 0 Å². The summed E-state index contributed by atoms with van der Waals surface area (Å²) in [4.78, 5) is 12.0. The molecule has 0 radical (unpaired) electrons. The summed E-state index contributed by atoms with van der Waals surface area (Å²) in [7, 11) is 0. The summed E-state index contributed by atoms with van der Waals surface area (Å²) in [5.74, 6) is 0.367. The summed E-state index contributed by atoms with van der Waals surface area (Å²) >= 11 is 6.17. The van der Waals surface area contributed by atoms with E-state index in [0.29, 0.717) is 41.0 Å². The molecule has 0 bridgehead atoms. The van der Waals surface area contributed by atoms with E-state index in [9.17, 15) is 9.18 Å². The molecule has 1 aliphatic rings. The van der Waals surface area contributed by atoms with Gasteiger partial charge in [-0.25, -0.2) is 4.39 Å². The van der Waals surface area contributed by atoms with Crippen molar-refractivity contribution in [2.45, 2.75) is 6.42 Å². The van der Waals surface area contributed by atoms with Crippen LogP contribution >= 0.6 is 11.6 Å². The number of hydrogen-bond donors (Lipinski definition) is 1. The fourth-order valence-electron chi connectivity index (χ4n) is 2.24. The number of benzene rings is 2. The maximum absolute atomic E-state index is 13.1. The smallest absolute Gasteiger partial charge is 0.248 e. The standard InChI is InChI=1S/C18H15ClFNO3/c19-14-10-16-17(24-8-2-7-23-16)11-15(14)21-18(22)6-5-12-3-1-4-13(20)9-12/h1,3-6,9-11H,2,7-8H2,(H,21,22). The van der Waals surface area contributed by atoms with E-state index in [1.165, 1.54) is 24.3 Å². The zero-order valence-electron chi connectivity index (χ0n) is 12.7. The lowest BCUT2D eigenvalue weighted by molar-refractivity contribution is -0.111. The predicted octanol–water partition coefficient (Wildman–Crippen LogP) is 4.29. The predicted molar refractivity (Wildman–Crippen MR) is 91.1 cm³/mol. The van der Waals surface area contributed by atoms with Crippen molar-refractivity contribution in [3.05, 3.63) is 58.9 Å². The first-order valence-electron chi connectivity index (χ1n) is 7.45. The van der Waals surface area contributed by atoms with E-state index in [0.717, 1.165) is 6.42 Å². The molecule has 0 aliphatic carbocycles. The second-order valence-electron chi connectivity index (χ2n) is 5.21. The molecule has 0 saturated heterocycles. The molecule has 2 aromatic rings. The van der Waals surface area contributed by atoms with E-state index >= 15 is 0 Å². The minimum absolute atomic E-state index is 0.353. The third kappa shape index (κ3) is 4.06. The second kappa shape index (κ2) is 7.36. The third-order valence-corrected chi connectivity index (χ3v) is 3.68. The fraction of sp³-hybridized carbons (Fsp3) is 0.167. The Morgan fingerprint density at radius 2 is 1.92 bits per heavy atom. The van der Waals surface area contributed by atoms with Gasteiger partial charge in [-0.15, -0.1) is 0 Å². The van der Waals surface area contributed by atoms with Crippen LogP contribution in [0, 0.1) is 5.82 Å². The van der Waals surface area contributed by atoms with Crippen LogP contribution < -0.4 is 14.8 Å². The Bertz CT molecular complexity index is 792. The van der Waals surface area contributed by atoms with Crippen molar-refractivity contribution in [1.29, 1.82) is 0 Å². The molecule has 24 heavy (non-hydrogen) atoms. The van der Waals surface area contributed by atoms with Crippen molar-refractivity contribution in [1.82, 2.24) is 0 Å². The molecular formula is C18H15ClFNO3. The van der Waals surface area contributed by atoms with Gasteiger partial charge in [0.15, 0.2) is 11.5 Å². The number of carbonyl (C=O) groups is 1. The van der Waals surface area contributed by atoms with Crippen molar-refractivity contribution in [3.8, 4) is 11.5 Å².